The zero-order valence-corrected chi connectivity index (χ0v) is 17.1. The molecule has 3 aromatic carbocycles. The molecule has 31 heavy (non-hydrogen) atoms. The van der Waals surface area contributed by atoms with Crippen LogP contribution in [0.4, 0.5) is 5.69 Å². The van der Waals surface area contributed by atoms with Gasteiger partial charge in [0.05, 0.1) is 12.3 Å². The normalized spacial score (nSPS) is 10.7. The zero-order valence-electron chi connectivity index (χ0n) is 17.1. The van der Waals surface area contributed by atoms with Crippen molar-refractivity contribution in [3.05, 3.63) is 121 Å². The zero-order chi connectivity index (χ0) is 21.2. The lowest BCUT2D eigenvalue weighted by atomic mass is 10.1. The SMILES string of the molecule is [C-]#[N+]c1cc(-c2nccn2-c2cn(-c3ccccc3)cc2-c2ccccc2)ccc1C. The van der Waals surface area contributed by atoms with Crippen molar-refractivity contribution < 1.29 is 0 Å². The number of rotatable bonds is 4. The number of nitrogens with zero attached hydrogens (tertiary/aromatic N) is 4. The van der Waals surface area contributed by atoms with Crippen LogP contribution in [0.2, 0.25) is 0 Å². The van der Waals surface area contributed by atoms with Gasteiger partial charge in [0.2, 0.25) is 0 Å². The summed E-state index contributed by atoms with van der Waals surface area (Å²) in [7, 11) is 0. The highest BCUT2D eigenvalue weighted by atomic mass is 15.1. The van der Waals surface area contributed by atoms with Crippen LogP contribution in [-0.2, 0) is 0 Å². The van der Waals surface area contributed by atoms with Gasteiger partial charge < -0.3 is 4.57 Å². The van der Waals surface area contributed by atoms with E-state index in [1.165, 1.54) is 0 Å². The monoisotopic (exact) mass is 400 g/mol. The molecule has 0 aliphatic heterocycles. The van der Waals surface area contributed by atoms with Crippen molar-refractivity contribution in [3.8, 4) is 33.9 Å². The lowest BCUT2D eigenvalue weighted by Crippen LogP contribution is -1.97. The summed E-state index contributed by atoms with van der Waals surface area (Å²) in [4.78, 5) is 8.30. The Morgan fingerprint density at radius 3 is 2.32 bits per heavy atom. The molecule has 0 bridgehead atoms. The highest BCUT2D eigenvalue weighted by Gasteiger charge is 2.16. The topological polar surface area (TPSA) is 27.1 Å². The second kappa shape index (κ2) is 7.81. The largest absolute Gasteiger partial charge is 0.321 e. The van der Waals surface area contributed by atoms with Crippen LogP contribution < -0.4 is 0 Å². The lowest BCUT2D eigenvalue weighted by molar-refractivity contribution is 1.04. The average molecular weight is 400 g/mol. The van der Waals surface area contributed by atoms with Gasteiger partial charge in [0, 0.05) is 41.6 Å². The maximum absolute atomic E-state index is 7.46. The summed E-state index contributed by atoms with van der Waals surface area (Å²) in [6, 6.07) is 26.6. The van der Waals surface area contributed by atoms with Crippen LogP contribution in [-0.4, -0.2) is 14.1 Å². The molecule has 148 valence electrons. The second-order valence-electron chi connectivity index (χ2n) is 7.40. The molecule has 2 heterocycles. The number of benzene rings is 3. The maximum Gasteiger partial charge on any atom is 0.190 e. The predicted octanol–water partition coefficient (Wildman–Crippen LogP) is 6.86. The van der Waals surface area contributed by atoms with Gasteiger partial charge in [-0.3, -0.25) is 4.57 Å². The summed E-state index contributed by atoms with van der Waals surface area (Å²) in [5.41, 5.74) is 6.92. The first-order valence-electron chi connectivity index (χ1n) is 10.1. The third-order valence-corrected chi connectivity index (χ3v) is 5.43. The molecule has 4 heteroatoms. The molecule has 0 fully saturated rings. The summed E-state index contributed by atoms with van der Waals surface area (Å²) in [5.74, 6) is 0.813. The third kappa shape index (κ3) is 3.43. The Morgan fingerprint density at radius 1 is 0.839 bits per heavy atom. The van der Waals surface area contributed by atoms with Crippen LogP contribution in [0.1, 0.15) is 5.56 Å². The number of hydrogen-bond acceptors (Lipinski definition) is 1. The van der Waals surface area contributed by atoms with E-state index in [1.807, 2.05) is 55.6 Å². The molecule has 0 N–H and O–H groups in total. The average Bonchev–Trinajstić information content (AvgIpc) is 3.48. The summed E-state index contributed by atoms with van der Waals surface area (Å²) in [6.45, 7) is 9.42. The Kier molecular flexibility index (Phi) is 4.70. The van der Waals surface area contributed by atoms with Gasteiger partial charge in [0.15, 0.2) is 5.69 Å². The molecule has 5 rings (SSSR count). The van der Waals surface area contributed by atoms with E-state index in [-0.39, 0.29) is 0 Å². The van der Waals surface area contributed by atoms with Crippen LogP contribution in [0.15, 0.2) is 104 Å². The molecule has 4 nitrogen and oxygen atoms in total. The highest BCUT2D eigenvalue weighted by molar-refractivity contribution is 5.76. The van der Waals surface area contributed by atoms with E-state index in [4.69, 9.17) is 6.57 Å². The summed E-state index contributed by atoms with van der Waals surface area (Å²) < 4.78 is 4.24. The van der Waals surface area contributed by atoms with Crippen molar-refractivity contribution in [2.24, 2.45) is 0 Å². The standard InChI is InChI=1S/C27H20N4/c1-20-13-14-22(17-25(20)28-2)27-29-15-16-31(27)26-19-30(23-11-7-4-8-12-23)18-24(26)21-9-5-3-6-10-21/h3-19H,1H3. The molecule has 0 saturated heterocycles. The quantitative estimate of drug-likeness (QED) is 0.303. The Balaban J connectivity index is 1.71. The van der Waals surface area contributed by atoms with Crippen LogP contribution >= 0.6 is 0 Å². The Labute approximate surface area is 181 Å². The van der Waals surface area contributed by atoms with Crippen LogP contribution in [0.25, 0.3) is 38.7 Å². The molecule has 0 unspecified atom stereocenters. The number of aryl methyl sites for hydroxylation is 1. The van der Waals surface area contributed by atoms with Crippen LogP contribution in [0.5, 0.6) is 0 Å². The van der Waals surface area contributed by atoms with Gasteiger partial charge in [-0.2, -0.15) is 0 Å². The number of aromatic nitrogens is 3. The van der Waals surface area contributed by atoms with E-state index in [0.717, 1.165) is 39.5 Å². The van der Waals surface area contributed by atoms with Gasteiger partial charge >= 0.3 is 0 Å². The van der Waals surface area contributed by atoms with E-state index in [2.05, 4.69) is 67.8 Å². The van der Waals surface area contributed by atoms with Gasteiger partial charge in [0.1, 0.15) is 5.82 Å². The third-order valence-electron chi connectivity index (χ3n) is 5.43. The molecule has 0 radical (unpaired) electrons. The van der Waals surface area contributed by atoms with Gasteiger partial charge in [-0.15, -0.1) is 0 Å². The fourth-order valence-electron chi connectivity index (χ4n) is 3.81. The smallest absolute Gasteiger partial charge is 0.190 e. The molecule has 2 aromatic heterocycles. The molecule has 0 spiro atoms. The van der Waals surface area contributed by atoms with E-state index < -0.39 is 0 Å². The van der Waals surface area contributed by atoms with E-state index in [0.29, 0.717) is 5.69 Å². The number of hydrogen-bond donors (Lipinski definition) is 0. The van der Waals surface area contributed by atoms with E-state index in [9.17, 15) is 0 Å². The number of imidazole rings is 1. The fourth-order valence-corrected chi connectivity index (χ4v) is 3.81. The van der Waals surface area contributed by atoms with Crippen molar-refractivity contribution in [3.63, 3.8) is 0 Å². The van der Waals surface area contributed by atoms with E-state index in [1.54, 1.807) is 6.20 Å². The summed E-state index contributed by atoms with van der Waals surface area (Å²) >= 11 is 0. The molecule has 0 saturated carbocycles. The highest BCUT2D eigenvalue weighted by Crippen LogP contribution is 2.33. The van der Waals surface area contributed by atoms with Gasteiger partial charge in [-0.25, -0.2) is 9.83 Å². The molecule has 5 aromatic rings. The minimum Gasteiger partial charge on any atom is -0.321 e. The van der Waals surface area contributed by atoms with Crippen molar-refractivity contribution in [1.82, 2.24) is 14.1 Å². The van der Waals surface area contributed by atoms with Crippen molar-refractivity contribution >= 4 is 5.69 Å². The first kappa shape index (κ1) is 18.7. The second-order valence-corrected chi connectivity index (χ2v) is 7.40. The molecular weight excluding hydrogens is 380 g/mol. The molecule has 0 aliphatic rings. The molecule has 0 aliphatic carbocycles. The van der Waals surface area contributed by atoms with Gasteiger partial charge in [0.25, 0.3) is 0 Å². The Hall–Kier alpha value is -4.36. The summed E-state index contributed by atoms with van der Waals surface area (Å²) in [5, 5.41) is 0. The Bertz CT molecular complexity index is 1390. The fraction of sp³-hybridized carbons (Fsp3) is 0.0370. The summed E-state index contributed by atoms with van der Waals surface area (Å²) in [6.07, 6.45) is 8.07. The minimum absolute atomic E-state index is 0.650. The minimum atomic E-state index is 0.650. The van der Waals surface area contributed by atoms with Crippen molar-refractivity contribution in [2.45, 2.75) is 6.92 Å². The first-order chi connectivity index (χ1) is 15.2. The van der Waals surface area contributed by atoms with Crippen LogP contribution in [0.3, 0.4) is 0 Å². The van der Waals surface area contributed by atoms with Gasteiger partial charge in [-0.1, -0.05) is 60.7 Å². The number of para-hydroxylation sites is 1. The van der Waals surface area contributed by atoms with E-state index >= 15 is 0 Å². The van der Waals surface area contributed by atoms with Crippen molar-refractivity contribution in [2.75, 3.05) is 0 Å². The lowest BCUT2D eigenvalue weighted by Gasteiger charge is -2.10. The molecule has 0 amide bonds. The van der Waals surface area contributed by atoms with Crippen molar-refractivity contribution in [1.29, 1.82) is 0 Å². The molecule has 0 atom stereocenters. The molecular formula is C27H20N4. The Morgan fingerprint density at radius 2 is 1.58 bits per heavy atom. The first-order valence-corrected chi connectivity index (χ1v) is 10.1. The predicted molar refractivity (Wildman–Crippen MR) is 125 cm³/mol. The maximum atomic E-state index is 7.46. The van der Waals surface area contributed by atoms with Gasteiger partial charge in [-0.05, 0) is 36.2 Å². The van der Waals surface area contributed by atoms with Crippen LogP contribution in [0, 0.1) is 13.5 Å².